The van der Waals surface area contributed by atoms with E-state index in [2.05, 4.69) is 37.9 Å². The quantitative estimate of drug-likeness (QED) is 0.524. The Balaban J connectivity index is 1.41. The lowest BCUT2D eigenvalue weighted by molar-refractivity contribution is 0.0529. The maximum absolute atomic E-state index is 12.3. The highest BCUT2D eigenvalue weighted by molar-refractivity contribution is 5.87. The number of fused-ring (bicyclic) bond motifs is 2. The van der Waals surface area contributed by atoms with Gasteiger partial charge in [0.15, 0.2) is 0 Å². The Kier molecular flexibility index (Phi) is 4.32. The van der Waals surface area contributed by atoms with Crippen LogP contribution in [-0.4, -0.2) is 29.3 Å². The summed E-state index contributed by atoms with van der Waals surface area (Å²) < 4.78 is 11.9. The number of esters is 1. The lowest BCUT2D eigenvalue weighted by Crippen LogP contribution is -2.34. The van der Waals surface area contributed by atoms with Crippen LogP contribution in [0.1, 0.15) is 63.4 Å². The van der Waals surface area contributed by atoms with Crippen molar-refractivity contribution in [2.45, 2.75) is 64.6 Å². The zero-order chi connectivity index (χ0) is 20.2. The van der Waals surface area contributed by atoms with Crippen molar-refractivity contribution < 1.29 is 14.3 Å². The van der Waals surface area contributed by atoms with Crippen molar-refractivity contribution in [1.29, 1.82) is 0 Å². The normalized spacial score (nSPS) is 32.6. The molecule has 0 bridgehead atoms. The Morgan fingerprint density at radius 3 is 2.90 bits per heavy atom. The molecule has 1 aromatic rings. The number of hydrogen-bond donors (Lipinski definition) is 0. The molecule has 2 fully saturated rings. The Labute approximate surface area is 172 Å². The highest BCUT2D eigenvalue weighted by Crippen LogP contribution is 2.65. The van der Waals surface area contributed by atoms with Gasteiger partial charge in [0.1, 0.15) is 17.9 Å². The van der Waals surface area contributed by atoms with E-state index in [9.17, 15) is 4.79 Å². The minimum atomic E-state index is -0.375. The van der Waals surface area contributed by atoms with Gasteiger partial charge in [-0.3, -0.25) is 0 Å². The zero-order valence-corrected chi connectivity index (χ0v) is 17.5. The summed E-state index contributed by atoms with van der Waals surface area (Å²) in [6.45, 7) is 7.36. The lowest BCUT2D eigenvalue weighted by Gasteiger charge is -2.39. The number of epoxide rings is 1. The van der Waals surface area contributed by atoms with Crippen LogP contribution in [-0.2, 0) is 9.47 Å². The second-order valence-corrected chi connectivity index (χ2v) is 9.51. The maximum Gasteiger partial charge on any atom is 0.357 e. The predicted molar refractivity (Wildman–Crippen MR) is 111 cm³/mol. The zero-order valence-electron chi connectivity index (χ0n) is 17.5. The van der Waals surface area contributed by atoms with Crippen LogP contribution >= 0.6 is 0 Å². The van der Waals surface area contributed by atoms with Gasteiger partial charge in [0.25, 0.3) is 0 Å². The maximum atomic E-state index is 12.3. The Morgan fingerprint density at radius 1 is 1.28 bits per heavy atom. The standard InChI is InChI=1S/C25H29NO3/c1-16(2)18-9-10-24(3)11-12-25-19(22(18)24)8-7-17(14-21(25)29-25)15-28-23(27)20-6-4-5-13-26-20/h4-8,13,16,21H,9-12,14-15H2,1-3H3/t21-,24+,25-/m0/s1. The second-order valence-electron chi connectivity index (χ2n) is 9.51. The smallest absolute Gasteiger partial charge is 0.357 e. The number of ether oxygens (including phenoxy) is 2. The van der Waals surface area contributed by atoms with E-state index >= 15 is 0 Å². The fourth-order valence-electron chi connectivity index (χ4n) is 5.62. The molecule has 29 heavy (non-hydrogen) atoms. The van der Waals surface area contributed by atoms with Gasteiger partial charge in [0, 0.05) is 12.6 Å². The van der Waals surface area contributed by atoms with Crippen LogP contribution in [0.4, 0.5) is 0 Å². The Morgan fingerprint density at radius 2 is 2.14 bits per heavy atom. The number of allylic oxidation sites excluding steroid dienone is 3. The number of pyridine rings is 1. The van der Waals surface area contributed by atoms with E-state index in [1.54, 1.807) is 35.5 Å². The molecule has 1 saturated heterocycles. The molecular formula is C25H29NO3. The van der Waals surface area contributed by atoms with Crippen molar-refractivity contribution in [2.75, 3.05) is 6.61 Å². The molecule has 4 heteroatoms. The van der Waals surface area contributed by atoms with E-state index in [0.717, 1.165) is 18.4 Å². The molecule has 152 valence electrons. The number of hydrogen-bond acceptors (Lipinski definition) is 4. The van der Waals surface area contributed by atoms with Crippen LogP contribution in [0.5, 0.6) is 0 Å². The third-order valence-electron chi connectivity index (χ3n) is 7.35. The molecule has 0 N–H and O–H groups in total. The van der Waals surface area contributed by atoms with Gasteiger partial charge in [0.2, 0.25) is 0 Å². The average Bonchev–Trinajstić information content (AvgIpc) is 3.31. The van der Waals surface area contributed by atoms with Crippen molar-refractivity contribution in [1.82, 2.24) is 4.98 Å². The Hall–Kier alpha value is -2.20. The SMILES string of the molecule is CC(C)C1=C2C3=CC=C(COC(=O)c4ccccn4)C[C@@H]4O[C@@]34CC[C@@]2(C)CC1. The van der Waals surface area contributed by atoms with Crippen LogP contribution in [0.2, 0.25) is 0 Å². The highest BCUT2D eigenvalue weighted by atomic mass is 16.6. The molecule has 5 rings (SSSR count). The summed E-state index contributed by atoms with van der Waals surface area (Å²) >= 11 is 0. The molecule has 3 atom stereocenters. The summed E-state index contributed by atoms with van der Waals surface area (Å²) in [6, 6.07) is 5.27. The summed E-state index contributed by atoms with van der Waals surface area (Å²) in [7, 11) is 0. The summed E-state index contributed by atoms with van der Waals surface area (Å²) in [5, 5.41) is 0. The van der Waals surface area contributed by atoms with Gasteiger partial charge in [-0.15, -0.1) is 0 Å². The lowest BCUT2D eigenvalue weighted by atomic mass is 9.64. The average molecular weight is 392 g/mol. The third-order valence-corrected chi connectivity index (χ3v) is 7.35. The Bertz CT molecular complexity index is 942. The van der Waals surface area contributed by atoms with Crippen molar-refractivity contribution >= 4 is 5.97 Å². The first kappa shape index (κ1) is 18.8. The number of carbonyl (C=O) groups excluding carboxylic acids is 1. The van der Waals surface area contributed by atoms with Crippen LogP contribution < -0.4 is 0 Å². The molecule has 4 nitrogen and oxygen atoms in total. The van der Waals surface area contributed by atoms with Gasteiger partial charge < -0.3 is 9.47 Å². The molecule has 1 aliphatic heterocycles. The molecule has 0 unspecified atom stereocenters. The summed E-state index contributed by atoms with van der Waals surface area (Å²) in [5.74, 6) is 0.200. The van der Waals surface area contributed by atoms with Crippen molar-refractivity contribution in [3.63, 3.8) is 0 Å². The van der Waals surface area contributed by atoms with E-state index in [-0.39, 0.29) is 23.1 Å². The molecular weight excluding hydrogens is 362 g/mol. The third kappa shape index (κ3) is 3.00. The minimum absolute atomic E-state index is 0.109. The number of carbonyl (C=O) groups is 1. The minimum Gasteiger partial charge on any atom is -0.456 e. The van der Waals surface area contributed by atoms with Gasteiger partial charge in [-0.1, -0.05) is 44.6 Å². The molecule has 1 spiro atoms. The molecule has 3 aliphatic carbocycles. The first-order valence-electron chi connectivity index (χ1n) is 10.8. The summed E-state index contributed by atoms with van der Waals surface area (Å²) in [5.41, 5.74) is 6.24. The van der Waals surface area contributed by atoms with Crippen LogP contribution in [0.3, 0.4) is 0 Å². The summed E-state index contributed by atoms with van der Waals surface area (Å²) in [6.07, 6.45) is 11.9. The van der Waals surface area contributed by atoms with E-state index in [4.69, 9.17) is 9.47 Å². The largest absolute Gasteiger partial charge is 0.456 e. The van der Waals surface area contributed by atoms with Gasteiger partial charge in [-0.05, 0) is 65.9 Å². The van der Waals surface area contributed by atoms with Gasteiger partial charge >= 0.3 is 5.97 Å². The van der Waals surface area contributed by atoms with Crippen LogP contribution in [0.25, 0.3) is 0 Å². The number of rotatable bonds is 4. The van der Waals surface area contributed by atoms with Crippen LogP contribution in [0.15, 0.2) is 58.8 Å². The van der Waals surface area contributed by atoms with Crippen molar-refractivity contribution in [2.24, 2.45) is 11.3 Å². The molecule has 4 aliphatic rings. The van der Waals surface area contributed by atoms with E-state index in [0.29, 0.717) is 18.2 Å². The van der Waals surface area contributed by atoms with E-state index in [1.165, 1.54) is 24.8 Å². The monoisotopic (exact) mass is 391 g/mol. The first-order valence-corrected chi connectivity index (χ1v) is 10.8. The van der Waals surface area contributed by atoms with Gasteiger partial charge in [-0.25, -0.2) is 9.78 Å². The first-order chi connectivity index (χ1) is 13.9. The van der Waals surface area contributed by atoms with Crippen molar-refractivity contribution in [3.05, 3.63) is 64.5 Å². The van der Waals surface area contributed by atoms with Gasteiger partial charge in [-0.2, -0.15) is 0 Å². The fraction of sp³-hybridized carbons (Fsp3) is 0.520. The molecule has 1 aromatic heterocycles. The molecule has 0 amide bonds. The predicted octanol–water partition coefficient (Wildman–Crippen LogP) is 5.18. The molecule has 0 aromatic carbocycles. The van der Waals surface area contributed by atoms with Crippen molar-refractivity contribution in [3.8, 4) is 0 Å². The highest BCUT2D eigenvalue weighted by Gasteiger charge is 2.64. The van der Waals surface area contributed by atoms with Gasteiger partial charge in [0.05, 0.1) is 6.10 Å². The van der Waals surface area contributed by atoms with E-state index < -0.39 is 0 Å². The second kappa shape index (κ2) is 6.66. The summed E-state index contributed by atoms with van der Waals surface area (Å²) in [4.78, 5) is 16.3. The number of aromatic nitrogens is 1. The van der Waals surface area contributed by atoms with E-state index in [1.807, 2.05) is 0 Å². The topological polar surface area (TPSA) is 51.7 Å². The van der Waals surface area contributed by atoms with Crippen LogP contribution in [0, 0.1) is 11.3 Å². The fourth-order valence-corrected chi connectivity index (χ4v) is 5.62. The molecule has 2 heterocycles. The molecule has 0 radical (unpaired) electrons. The number of nitrogens with zero attached hydrogens (tertiary/aromatic N) is 1. The molecule has 1 saturated carbocycles.